The maximum atomic E-state index is 3.00. The molecule has 0 bridgehead atoms. The van der Waals surface area contributed by atoms with Crippen molar-refractivity contribution in [2.75, 3.05) is 0 Å². The maximum Gasteiger partial charge on any atom is -0.0273 e. The highest BCUT2D eigenvalue weighted by atomic mass is 14.1. The summed E-state index contributed by atoms with van der Waals surface area (Å²) in [5.74, 6) is 0. The van der Waals surface area contributed by atoms with Gasteiger partial charge in [0.1, 0.15) is 0 Å². The molecular formula is C11H14. The van der Waals surface area contributed by atoms with E-state index in [2.05, 4.69) is 37.4 Å². The van der Waals surface area contributed by atoms with E-state index in [0.29, 0.717) is 0 Å². The first-order valence-electron chi connectivity index (χ1n) is 4.03. The minimum absolute atomic E-state index is 1.30. The van der Waals surface area contributed by atoms with Crippen LogP contribution in [0.5, 0.6) is 0 Å². The van der Waals surface area contributed by atoms with E-state index in [9.17, 15) is 0 Å². The molecule has 11 heavy (non-hydrogen) atoms. The van der Waals surface area contributed by atoms with E-state index in [-0.39, 0.29) is 0 Å². The predicted molar refractivity (Wildman–Crippen MR) is 49.7 cm³/mol. The lowest BCUT2D eigenvalue weighted by molar-refractivity contribution is 0.912. The lowest BCUT2D eigenvalue weighted by atomic mass is 10.1. The Morgan fingerprint density at radius 2 is 1.36 bits per heavy atom. The Morgan fingerprint density at radius 1 is 0.909 bits per heavy atom. The fraction of sp³-hybridized carbons (Fsp3) is 0.273. The van der Waals surface area contributed by atoms with Gasteiger partial charge in [0.2, 0.25) is 0 Å². The molecule has 0 aliphatic heterocycles. The van der Waals surface area contributed by atoms with Crippen LogP contribution in [0.3, 0.4) is 0 Å². The topological polar surface area (TPSA) is 0 Å². The second-order valence-corrected chi connectivity index (χ2v) is 2.62. The van der Waals surface area contributed by atoms with Crippen molar-refractivity contribution in [3.8, 4) is 0 Å². The normalized spacial score (nSPS) is 13.1. The summed E-state index contributed by atoms with van der Waals surface area (Å²) in [6.07, 6.45) is 3.96. The average Bonchev–Trinajstić information content (AvgIpc) is 2.55. The molecule has 1 aliphatic carbocycles. The van der Waals surface area contributed by atoms with Gasteiger partial charge in [-0.3, -0.25) is 0 Å². The van der Waals surface area contributed by atoms with Gasteiger partial charge in [0, 0.05) is 0 Å². The standard InChI is InChI=1S/C9H10.C2H4/c1-2-5-9-7-3-6-8(9)4-1;1-2/h1-2,4-5H,3,6-7H2;1-2H2. The maximum absolute atomic E-state index is 3.00. The van der Waals surface area contributed by atoms with Crippen molar-refractivity contribution in [2.45, 2.75) is 19.3 Å². The van der Waals surface area contributed by atoms with Gasteiger partial charge < -0.3 is 0 Å². The highest BCUT2D eigenvalue weighted by molar-refractivity contribution is 5.30. The van der Waals surface area contributed by atoms with E-state index < -0.39 is 0 Å². The third-order valence-electron chi connectivity index (χ3n) is 2.01. The van der Waals surface area contributed by atoms with E-state index >= 15 is 0 Å². The molecule has 0 saturated heterocycles. The molecule has 1 aliphatic rings. The summed E-state index contributed by atoms with van der Waals surface area (Å²) >= 11 is 0. The molecule has 0 spiro atoms. The molecule has 0 fully saturated rings. The zero-order valence-corrected chi connectivity index (χ0v) is 6.84. The number of rotatable bonds is 0. The summed E-state index contributed by atoms with van der Waals surface area (Å²) in [4.78, 5) is 0. The molecule has 2 rings (SSSR count). The van der Waals surface area contributed by atoms with Gasteiger partial charge in [0.05, 0.1) is 0 Å². The third kappa shape index (κ3) is 1.70. The van der Waals surface area contributed by atoms with Gasteiger partial charge in [-0.25, -0.2) is 0 Å². The average molecular weight is 146 g/mol. The van der Waals surface area contributed by atoms with Gasteiger partial charge in [0.15, 0.2) is 0 Å². The Kier molecular flexibility index (Phi) is 2.91. The minimum atomic E-state index is 1.30. The molecule has 0 heterocycles. The largest absolute Gasteiger partial charge is 0.106 e. The lowest BCUT2D eigenvalue weighted by Crippen LogP contribution is -1.77. The fourth-order valence-electron chi connectivity index (χ4n) is 1.51. The van der Waals surface area contributed by atoms with E-state index in [0.717, 1.165) is 0 Å². The van der Waals surface area contributed by atoms with Crippen molar-refractivity contribution < 1.29 is 0 Å². The van der Waals surface area contributed by atoms with Gasteiger partial charge in [-0.1, -0.05) is 24.3 Å². The Hall–Kier alpha value is -1.04. The molecule has 0 N–H and O–H groups in total. The molecule has 0 atom stereocenters. The van der Waals surface area contributed by atoms with Crippen LogP contribution >= 0.6 is 0 Å². The van der Waals surface area contributed by atoms with Crippen LogP contribution < -0.4 is 0 Å². The van der Waals surface area contributed by atoms with Gasteiger partial charge in [0.25, 0.3) is 0 Å². The number of benzene rings is 1. The minimum Gasteiger partial charge on any atom is -0.106 e. The molecule has 0 nitrogen and oxygen atoms in total. The van der Waals surface area contributed by atoms with E-state index in [1.807, 2.05) is 0 Å². The molecule has 0 aromatic heterocycles. The van der Waals surface area contributed by atoms with Crippen molar-refractivity contribution in [3.05, 3.63) is 48.6 Å². The second kappa shape index (κ2) is 3.97. The zero-order chi connectivity index (χ0) is 8.10. The number of hydrogen-bond acceptors (Lipinski definition) is 0. The van der Waals surface area contributed by atoms with Crippen LogP contribution in [0.15, 0.2) is 37.4 Å². The van der Waals surface area contributed by atoms with Crippen LogP contribution in [0.1, 0.15) is 17.5 Å². The predicted octanol–water partition coefficient (Wildman–Crippen LogP) is 2.98. The SMILES string of the molecule is C=C.c1ccc2c(c1)CCC2. The fourth-order valence-corrected chi connectivity index (χ4v) is 1.51. The summed E-state index contributed by atoms with van der Waals surface area (Å²) in [6, 6.07) is 8.74. The molecule has 0 unspecified atom stereocenters. The van der Waals surface area contributed by atoms with E-state index in [4.69, 9.17) is 0 Å². The van der Waals surface area contributed by atoms with Crippen molar-refractivity contribution in [1.29, 1.82) is 0 Å². The smallest absolute Gasteiger partial charge is 0.0273 e. The summed E-state index contributed by atoms with van der Waals surface area (Å²) in [6.45, 7) is 6.00. The quantitative estimate of drug-likeness (QED) is 0.494. The summed E-state index contributed by atoms with van der Waals surface area (Å²) in [5.41, 5.74) is 3.13. The van der Waals surface area contributed by atoms with E-state index in [1.54, 1.807) is 11.1 Å². The third-order valence-corrected chi connectivity index (χ3v) is 2.01. The molecule has 0 saturated carbocycles. The van der Waals surface area contributed by atoms with Gasteiger partial charge in [-0.2, -0.15) is 0 Å². The Morgan fingerprint density at radius 3 is 1.82 bits per heavy atom. The highest BCUT2D eigenvalue weighted by Crippen LogP contribution is 2.20. The molecular weight excluding hydrogens is 132 g/mol. The molecule has 1 aromatic carbocycles. The molecule has 58 valence electrons. The van der Waals surface area contributed by atoms with Crippen molar-refractivity contribution >= 4 is 0 Å². The summed E-state index contributed by atoms with van der Waals surface area (Å²) in [7, 11) is 0. The number of fused-ring (bicyclic) bond motifs is 1. The highest BCUT2D eigenvalue weighted by Gasteiger charge is 2.07. The van der Waals surface area contributed by atoms with Gasteiger partial charge in [-0.05, 0) is 30.4 Å². The van der Waals surface area contributed by atoms with Crippen molar-refractivity contribution in [2.24, 2.45) is 0 Å². The summed E-state index contributed by atoms with van der Waals surface area (Å²) < 4.78 is 0. The zero-order valence-electron chi connectivity index (χ0n) is 6.84. The van der Waals surface area contributed by atoms with Crippen LogP contribution in [0.4, 0.5) is 0 Å². The van der Waals surface area contributed by atoms with E-state index in [1.165, 1.54) is 19.3 Å². The van der Waals surface area contributed by atoms with Crippen LogP contribution in [-0.2, 0) is 12.8 Å². The number of aryl methyl sites for hydroxylation is 2. The first-order valence-corrected chi connectivity index (χ1v) is 4.03. The van der Waals surface area contributed by atoms with Crippen LogP contribution in [0.25, 0.3) is 0 Å². The monoisotopic (exact) mass is 146 g/mol. The molecule has 0 amide bonds. The first kappa shape index (κ1) is 8.06. The lowest BCUT2D eigenvalue weighted by Gasteiger charge is -1.93. The van der Waals surface area contributed by atoms with Crippen LogP contribution in [0, 0.1) is 0 Å². The van der Waals surface area contributed by atoms with Gasteiger partial charge >= 0.3 is 0 Å². The van der Waals surface area contributed by atoms with Crippen LogP contribution in [-0.4, -0.2) is 0 Å². The van der Waals surface area contributed by atoms with Crippen molar-refractivity contribution in [3.63, 3.8) is 0 Å². The second-order valence-electron chi connectivity index (χ2n) is 2.62. The molecule has 0 radical (unpaired) electrons. The van der Waals surface area contributed by atoms with Gasteiger partial charge in [-0.15, -0.1) is 13.2 Å². The Balaban J connectivity index is 0.000000281. The molecule has 1 aromatic rings. The Bertz CT molecular complexity index is 202. The number of hydrogen-bond donors (Lipinski definition) is 0. The Labute approximate surface area is 68.6 Å². The molecule has 0 heteroatoms. The van der Waals surface area contributed by atoms with Crippen molar-refractivity contribution in [1.82, 2.24) is 0 Å². The summed E-state index contributed by atoms with van der Waals surface area (Å²) in [5, 5.41) is 0. The first-order chi connectivity index (χ1) is 5.47. The van der Waals surface area contributed by atoms with Crippen LogP contribution in [0.2, 0.25) is 0 Å².